The zero-order chi connectivity index (χ0) is 19.5. The van der Waals surface area contributed by atoms with E-state index >= 15 is 0 Å². The normalized spacial score (nSPS) is 10.9. The van der Waals surface area contributed by atoms with E-state index in [4.69, 9.17) is 9.97 Å². The number of nitrogens with one attached hydrogen (secondary N) is 1. The lowest BCUT2D eigenvalue weighted by atomic mass is 10.1. The third-order valence-electron chi connectivity index (χ3n) is 4.58. The van der Waals surface area contributed by atoms with Gasteiger partial charge in [-0.05, 0) is 29.8 Å². The van der Waals surface area contributed by atoms with E-state index in [-0.39, 0.29) is 0 Å². The molecule has 4 heterocycles. The molecule has 0 saturated heterocycles. The minimum Gasteiger partial charge on any atom is -0.364 e. The van der Waals surface area contributed by atoms with Crippen molar-refractivity contribution in [3.8, 4) is 22.6 Å². The quantitative estimate of drug-likeness (QED) is 0.430. The maximum atomic E-state index is 4.84. The van der Waals surface area contributed by atoms with E-state index in [1.165, 1.54) is 0 Å². The SMILES string of the molecule is c1ccc(-c2csc3nc(-c4ccccn4)nc(NCc4ccccn4)c23)cc1. The summed E-state index contributed by atoms with van der Waals surface area (Å²) in [6.45, 7) is 0.582. The van der Waals surface area contributed by atoms with Crippen LogP contribution in [-0.2, 0) is 6.54 Å². The fraction of sp³-hybridized carbons (Fsp3) is 0.0435. The number of hydrogen-bond acceptors (Lipinski definition) is 6. The maximum absolute atomic E-state index is 4.84. The van der Waals surface area contributed by atoms with Crippen LogP contribution in [0.1, 0.15) is 5.69 Å². The van der Waals surface area contributed by atoms with Gasteiger partial charge in [0.2, 0.25) is 0 Å². The highest BCUT2D eigenvalue weighted by Crippen LogP contribution is 2.38. The van der Waals surface area contributed by atoms with Crippen molar-refractivity contribution in [2.75, 3.05) is 5.32 Å². The van der Waals surface area contributed by atoms with Gasteiger partial charge in [-0.1, -0.05) is 42.5 Å². The van der Waals surface area contributed by atoms with Gasteiger partial charge in [-0.2, -0.15) is 0 Å². The van der Waals surface area contributed by atoms with Crippen molar-refractivity contribution in [1.29, 1.82) is 0 Å². The van der Waals surface area contributed by atoms with Gasteiger partial charge in [-0.15, -0.1) is 11.3 Å². The van der Waals surface area contributed by atoms with Crippen molar-refractivity contribution in [2.24, 2.45) is 0 Å². The van der Waals surface area contributed by atoms with Crippen LogP contribution in [0.3, 0.4) is 0 Å². The molecule has 0 amide bonds. The Bertz CT molecular complexity index is 1240. The summed E-state index contributed by atoms with van der Waals surface area (Å²) >= 11 is 1.62. The molecule has 1 aromatic carbocycles. The van der Waals surface area contributed by atoms with Gasteiger partial charge < -0.3 is 5.32 Å². The Morgan fingerprint density at radius 1 is 0.793 bits per heavy atom. The summed E-state index contributed by atoms with van der Waals surface area (Å²) in [4.78, 5) is 19.4. The first-order valence-corrected chi connectivity index (χ1v) is 10.2. The lowest BCUT2D eigenvalue weighted by Crippen LogP contribution is -2.05. The Kier molecular flexibility index (Phi) is 4.68. The van der Waals surface area contributed by atoms with Gasteiger partial charge >= 0.3 is 0 Å². The second-order valence-corrected chi connectivity index (χ2v) is 7.34. The number of aromatic nitrogens is 4. The van der Waals surface area contributed by atoms with E-state index in [9.17, 15) is 0 Å². The molecule has 0 radical (unpaired) electrons. The van der Waals surface area contributed by atoms with E-state index in [0.29, 0.717) is 12.4 Å². The molecule has 0 spiro atoms. The van der Waals surface area contributed by atoms with Crippen LogP contribution in [0.4, 0.5) is 5.82 Å². The molecule has 5 rings (SSSR count). The number of anilines is 1. The molecule has 0 saturated carbocycles. The first-order chi connectivity index (χ1) is 14.4. The molecule has 0 aliphatic carbocycles. The fourth-order valence-corrected chi connectivity index (χ4v) is 4.13. The Morgan fingerprint density at radius 3 is 2.34 bits per heavy atom. The average Bonchev–Trinajstić information content (AvgIpc) is 3.24. The molecule has 0 atom stereocenters. The third-order valence-corrected chi connectivity index (χ3v) is 5.45. The monoisotopic (exact) mass is 395 g/mol. The number of thiophene rings is 1. The maximum Gasteiger partial charge on any atom is 0.181 e. The number of nitrogens with zero attached hydrogens (tertiary/aromatic N) is 4. The fourth-order valence-electron chi connectivity index (χ4n) is 3.19. The van der Waals surface area contributed by atoms with E-state index in [0.717, 1.165) is 38.5 Å². The molecule has 6 heteroatoms. The lowest BCUT2D eigenvalue weighted by Gasteiger charge is -2.10. The van der Waals surface area contributed by atoms with Crippen LogP contribution in [0.15, 0.2) is 84.5 Å². The molecule has 140 valence electrons. The zero-order valence-electron chi connectivity index (χ0n) is 15.5. The zero-order valence-corrected chi connectivity index (χ0v) is 16.3. The summed E-state index contributed by atoms with van der Waals surface area (Å²) in [5.41, 5.74) is 3.98. The molecule has 1 N–H and O–H groups in total. The van der Waals surface area contributed by atoms with Crippen LogP contribution in [0.25, 0.3) is 32.9 Å². The highest BCUT2D eigenvalue weighted by atomic mass is 32.1. The molecule has 0 bridgehead atoms. The van der Waals surface area contributed by atoms with Crippen LogP contribution >= 0.6 is 11.3 Å². The second-order valence-electron chi connectivity index (χ2n) is 6.48. The highest BCUT2D eigenvalue weighted by Gasteiger charge is 2.16. The Balaban J connectivity index is 1.64. The van der Waals surface area contributed by atoms with Crippen LogP contribution in [0.2, 0.25) is 0 Å². The summed E-state index contributed by atoms with van der Waals surface area (Å²) in [6.07, 6.45) is 3.56. The van der Waals surface area contributed by atoms with Crippen molar-refractivity contribution < 1.29 is 0 Å². The molecular weight excluding hydrogens is 378 g/mol. The van der Waals surface area contributed by atoms with Gasteiger partial charge in [0.15, 0.2) is 5.82 Å². The standard InChI is InChI=1S/C23H17N5S/c1-2-8-16(9-3-1)18-15-29-23-20(18)22(26-14-17-10-4-6-12-24-17)27-21(28-23)19-11-5-7-13-25-19/h1-13,15H,14H2,(H,26,27,28). The number of hydrogen-bond donors (Lipinski definition) is 1. The van der Waals surface area contributed by atoms with Crippen LogP contribution in [0, 0.1) is 0 Å². The summed E-state index contributed by atoms with van der Waals surface area (Å²) < 4.78 is 0. The van der Waals surface area contributed by atoms with Gasteiger partial charge in [0.05, 0.1) is 17.6 Å². The molecule has 0 aliphatic heterocycles. The minimum atomic E-state index is 0.582. The molecule has 5 aromatic rings. The minimum absolute atomic E-state index is 0.582. The molecule has 0 fully saturated rings. The van der Waals surface area contributed by atoms with Crippen molar-refractivity contribution in [3.63, 3.8) is 0 Å². The van der Waals surface area contributed by atoms with Crippen molar-refractivity contribution in [2.45, 2.75) is 6.54 Å². The average molecular weight is 395 g/mol. The van der Waals surface area contributed by atoms with E-state index in [1.807, 2.05) is 54.6 Å². The molecule has 29 heavy (non-hydrogen) atoms. The molecule has 5 nitrogen and oxygen atoms in total. The van der Waals surface area contributed by atoms with Gasteiger partial charge in [0, 0.05) is 23.3 Å². The van der Waals surface area contributed by atoms with Crippen molar-refractivity contribution in [1.82, 2.24) is 19.9 Å². The summed E-state index contributed by atoms with van der Waals surface area (Å²) in [5, 5.41) is 6.64. The van der Waals surface area contributed by atoms with Crippen molar-refractivity contribution in [3.05, 3.63) is 90.2 Å². The van der Waals surface area contributed by atoms with Crippen LogP contribution in [0.5, 0.6) is 0 Å². The Labute approximate surface area is 172 Å². The van der Waals surface area contributed by atoms with Crippen LogP contribution in [-0.4, -0.2) is 19.9 Å². The van der Waals surface area contributed by atoms with Gasteiger partial charge in [-0.25, -0.2) is 9.97 Å². The Hall–Kier alpha value is -3.64. The number of benzene rings is 1. The first-order valence-electron chi connectivity index (χ1n) is 9.28. The smallest absolute Gasteiger partial charge is 0.181 e. The molecule has 4 aromatic heterocycles. The first kappa shape index (κ1) is 17.5. The summed E-state index contributed by atoms with van der Waals surface area (Å²) in [5.74, 6) is 1.41. The predicted molar refractivity (Wildman–Crippen MR) is 118 cm³/mol. The molecule has 0 unspecified atom stereocenters. The van der Waals surface area contributed by atoms with E-state index < -0.39 is 0 Å². The topological polar surface area (TPSA) is 63.6 Å². The van der Waals surface area contributed by atoms with E-state index in [2.05, 4.69) is 32.8 Å². The Morgan fingerprint density at radius 2 is 1.59 bits per heavy atom. The number of fused-ring (bicyclic) bond motifs is 1. The summed E-state index contributed by atoms with van der Waals surface area (Å²) in [6, 6.07) is 22.0. The predicted octanol–water partition coefficient (Wildman–Crippen LogP) is 5.43. The second kappa shape index (κ2) is 7.77. The van der Waals surface area contributed by atoms with Gasteiger partial charge in [-0.3, -0.25) is 9.97 Å². The molecular formula is C23H17N5S. The van der Waals surface area contributed by atoms with Crippen molar-refractivity contribution >= 4 is 27.4 Å². The lowest BCUT2D eigenvalue weighted by molar-refractivity contribution is 1.03. The van der Waals surface area contributed by atoms with Gasteiger partial charge in [0.1, 0.15) is 16.3 Å². The molecule has 0 aliphatic rings. The number of pyridine rings is 2. The largest absolute Gasteiger partial charge is 0.364 e. The highest BCUT2D eigenvalue weighted by molar-refractivity contribution is 7.17. The van der Waals surface area contributed by atoms with E-state index in [1.54, 1.807) is 23.7 Å². The number of rotatable bonds is 5. The third kappa shape index (κ3) is 3.58. The van der Waals surface area contributed by atoms with Crippen LogP contribution < -0.4 is 5.32 Å². The van der Waals surface area contributed by atoms with Gasteiger partial charge in [0.25, 0.3) is 0 Å². The summed E-state index contributed by atoms with van der Waals surface area (Å²) in [7, 11) is 0.